The monoisotopic (exact) mass is 411 g/mol. The van der Waals surface area contributed by atoms with Crippen molar-refractivity contribution < 1.29 is 27.6 Å². The van der Waals surface area contributed by atoms with Crippen molar-refractivity contribution >= 4 is 24.2 Å². The highest BCUT2D eigenvalue weighted by molar-refractivity contribution is 6.61. The summed E-state index contributed by atoms with van der Waals surface area (Å²) in [5, 5.41) is 12.3. The van der Waals surface area contributed by atoms with E-state index >= 15 is 0 Å². The number of alkyl halides is 3. The molecule has 1 heterocycles. The molecule has 2 N–H and O–H groups in total. The van der Waals surface area contributed by atoms with E-state index in [1.165, 1.54) is 13.0 Å². The Bertz CT molecular complexity index is 743. The first-order chi connectivity index (χ1) is 13.8. The lowest BCUT2D eigenvalue weighted by atomic mass is 9.73. The second-order valence-electron chi connectivity index (χ2n) is 5.36. The molecule has 1 aliphatic heterocycles. The third kappa shape index (κ3) is 7.55. The summed E-state index contributed by atoms with van der Waals surface area (Å²) in [5.41, 5.74) is 0.0232. The Labute approximate surface area is 171 Å². The Hall–Kier alpha value is -2.32. The first kappa shape index (κ1) is 26.7. The van der Waals surface area contributed by atoms with Gasteiger partial charge in [0, 0.05) is 12.3 Å². The van der Waals surface area contributed by atoms with Crippen LogP contribution < -0.4 is 10.8 Å². The van der Waals surface area contributed by atoms with E-state index in [1.54, 1.807) is 12.1 Å². The predicted molar refractivity (Wildman–Crippen MR) is 113 cm³/mol. The molecule has 0 aliphatic carbocycles. The lowest BCUT2D eigenvalue weighted by molar-refractivity contribution is -0.115. The van der Waals surface area contributed by atoms with Crippen LogP contribution in [0.5, 0.6) is 0 Å². The van der Waals surface area contributed by atoms with Crippen LogP contribution >= 0.6 is 0 Å². The van der Waals surface area contributed by atoms with Gasteiger partial charge in [-0.2, -0.15) is 13.2 Å². The fraction of sp³-hybridized carbons (Fsp3) is 0.381. The van der Waals surface area contributed by atoms with Gasteiger partial charge in [-0.05, 0) is 42.6 Å². The van der Waals surface area contributed by atoms with Crippen molar-refractivity contribution in [3.05, 3.63) is 59.7 Å². The summed E-state index contributed by atoms with van der Waals surface area (Å²) < 4.78 is 44.4. The van der Waals surface area contributed by atoms with Gasteiger partial charge in [-0.3, -0.25) is 4.79 Å². The summed E-state index contributed by atoms with van der Waals surface area (Å²) in [7, 11) is -1.12. The number of benzene rings is 1. The van der Waals surface area contributed by atoms with Crippen molar-refractivity contribution in [2.75, 3.05) is 11.9 Å². The molecular weight excluding hydrogens is 382 g/mol. The van der Waals surface area contributed by atoms with E-state index in [9.17, 15) is 23.0 Å². The number of amides is 1. The van der Waals surface area contributed by atoms with Gasteiger partial charge in [-0.1, -0.05) is 52.5 Å². The van der Waals surface area contributed by atoms with Crippen LogP contribution in [0.4, 0.5) is 18.9 Å². The number of hydrogen-bond acceptors (Lipinski definition) is 3. The first-order valence-corrected chi connectivity index (χ1v) is 9.58. The number of allylic oxidation sites excluding steroid dienone is 3. The SMILES string of the molecule is C=C/C=C(C(=O)Nc1ccc2c(c1)B(O)OCC2)\C(=C/C)C(F)(F)F.CC.CC. The molecule has 0 atom stereocenters. The van der Waals surface area contributed by atoms with E-state index in [4.69, 9.17) is 4.65 Å². The summed E-state index contributed by atoms with van der Waals surface area (Å²) in [6.07, 6.45) is -1.09. The molecule has 0 spiro atoms. The minimum absolute atomic E-state index is 0.265. The van der Waals surface area contributed by atoms with Crippen LogP contribution in [0.25, 0.3) is 0 Å². The third-order valence-corrected chi connectivity index (χ3v) is 3.73. The average molecular weight is 411 g/mol. The summed E-state index contributed by atoms with van der Waals surface area (Å²) in [5.74, 6) is -0.920. The van der Waals surface area contributed by atoms with E-state index < -0.39 is 30.3 Å². The largest absolute Gasteiger partial charge is 0.491 e. The van der Waals surface area contributed by atoms with Crippen molar-refractivity contribution in [1.29, 1.82) is 0 Å². The molecule has 0 unspecified atom stereocenters. The second-order valence-corrected chi connectivity index (χ2v) is 5.36. The number of carbonyl (C=O) groups is 1. The number of hydrogen-bond donors (Lipinski definition) is 2. The van der Waals surface area contributed by atoms with Crippen LogP contribution in [-0.2, 0) is 15.9 Å². The molecule has 4 nitrogen and oxygen atoms in total. The number of rotatable bonds is 4. The van der Waals surface area contributed by atoms with Crippen LogP contribution in [0.3, 0.4) is 0 Å². The van der Waals surface area contributed by atoms with E-state index in [2.05, 4.69) is 11.9 Å². The molecule has 1 amide bonds. The van der Waals surface area contributed by atoms with E-state index in [0.717, 1.165) is 23.8 Å². The summed E-state index contributed by atoms with van der Waals surface area (Å²) in [6, 6.07) is 4.77. The number of nitrogens with one attached hydrogen (secondary N) is 1. The van der Waals surface area contributed by atoms with Crippen LogP contribution in [0, 0.1) is 0 Å². The Morgan fingerprint density at radius 3 is 2.41 bits per heavy atom. The Kier molecular flexibility index (Phi) is 12.0. The smallest absolute Gasteiger partial charge is 0.423 e. The molecule has 8 heteroatoms. The molecule has 1 aliphatic rings. The quantitative estimate of drug-likeness (QED) is 0.434. The number of anilines is 1. The van der Waals surface area contributed by atoms with Gasteiger partial charge in [0.25, 0.3) is 5.91 Å². The molecule has 29 heavy (non-hydrogen) atoms. The van der Waals surface area contributed by atoms with Crippen molar-refractivity contribution in [2.45, 2.75) is 47.2 Å². The minimum atomic E-state index is -4.67. The molecular formula is C21H29BF3NO3. The molecule has 1 aromatic carbocycles. The fourth-order valence-corrected chi connectivity index (χ4v) is 2.58. The first-order valence-electron chi connectivity index (χ1n) is 9.58. The molecule has 1 aromatic rings. The van der Waals surface area contributed by atoms with Crippen molar-refractivity contribution in [1.82, 2.24) is 0 Å². The number of halogens is 3. The normalized spacial score (nSPS) is 13.9. The van der Waals surface area contributed by atoms with Crippen LogP contribution in [0.15, 0.2) is 54.2 Å². The van der Waals surface area contributed by atoms with Gasteiger partial charge in [0.1, 0.15) is 0 Å². The highest BCUT2D eigenvalue weighted by atomic mass is 19.4. The fourth-order valence-electron chi connectivity index (χ4n) is 2.58. The Morgan fingerprint density at radius 2 is 1.90 bits per heavy atom. The van der Waals surface area contributed by atoms with Crippen molar-refractivity contribution in [2.24, 2.45) is 0 Å². The lowest BCUT2D eigenvalue weighted by Gasteiger charge is -2.20. The molecule has 2 rings (SSSR count). The van der Waals surface area contributed by atoms with Crippen LogP contribution in [-0.4, -0.2) is 30.8 Å². The summed E-state index contributed by atoms with van der Waals surface area (Å²) >= 11 is 0. The zero-order valence-corrected chi connectivity index (χ0v) is 17.6. The third-order valence-electron chi connectivity index (χ3n) is 3.73. The average Bonchev–Trinajstić information content (AvgIpc) is 2.70. The molecule has 0 saturated heterocycles. The maximum absolute atomic E-state index is 13.1. The standard InChI is InChI=1S/C17H17BF3NO3.2C2H6/c1-3-5-13(14(4-2)17(19,20)21)16(23)22-12-7-6-11-8-9-25-18(24)15(11)10-12;2*1-2/h3-7,10,24H,1,8-9H2,2H3,(H,22,23);2*1-2H3/b13-5+,14-4+;;. The molecule has 0 radical (unpaired) electrons. The van der Waals surface area contributed by atoms with E-state index in [0.29, 0.717) is 18.5 Å². The Balaban J connectivity index is 0.00000184. The zero-order valence-electron chi connectivity index (χ0n) is 17.6. The van der Waals surface area contributed by atoms with Gasteiger partial charge in [-0.15, -0.1) is 0 Å². The zero-order chi connectivity index (χ0) is 22.6. The highest BCUT2D eigenvalue weighted by Gasteiger charge is 2.37. The van der Waals surface area contributed by atoms with Crippen molar-refractivity contribution in [3.63, 3.8) is 0 Å². The predicted octanol–water partition coefficient (Wildman–Crippen LogP) is 4.56. The Morgan fingerprint density at radius 1 is 1.28 bits per heavy atom. The molecule has 0 aromatic heterocycles. The molecule has 0 saturated carbocycles. The summed E-state index contributed by atoms with van der Waals surface area (Å²) in [6.45, 7) is 12.9. The van der Waals surface area contributed by atoms with Crippen LogP contribution in [0.1, 0.15) is 40.2 Å². The van der Waals surface area contributed by atoms with Gasteiger partial charge < -0.3 is 15.0 Å². The van der Waals surface area contributed by atoms with Gasteiger partial charge in [-0.25, -0.2) is 0 Å². The topological polar surface area (TPSA) is 58.6 Å². The maximum Gasteiger partial charge on any atom is 0.491 e. The molecule has 0 fully saturated rings. The summed E-state index contributed by atoms with van der Waals surface area (Å²) in [4.78, 5) is 12.3. The minimum Gasteiger partial charge on any atom is -0.423 e. The van der Waals surface area contributed by atoms with Gasteiger partial charge in [0.2, 0.25) is 0 Å². The van der Waals surface area contributed by atoms with E-state index in [1.807, 2.05) is 27.7 Å². The number of carbonyl (C=O) groups excluding carboxylic acids is 1. The second kappa shape index (κ2) is 13.0. The van der Waals surface area contributed by atoms with E-state index in [-0.39, 0.29) is 5.69 Å². The molecule has 0 bridgehead atoms. The lowest BCUT2D eigenvalue weighted by Crippen LogP contribution is -2.41. The molecule has 160 valence electrons. The van der Waals surface area contributed by atoms with Gasteiger partial charge in [0.05, 0.1) is 11.1 Å². The van der Waals surface area contributed by atoms with Crippen molar-refractivity contribution in [3.8, 4) is 0 Å². The highest BCUT2D eigenvalue weighted by Crippen LogP contribution is 2.32. The van der Waals surface area contributed by atoms with Gasteiger partial charge >= 0.3 is 13.3 Å². The van der Waals surface area contributed by atoms with Crippen LogP contribution in [0.2, 0.25) is 0 Å². The van der Waals surface area contributed by atoms with Gasteiger partial charge in [0.15, 0.2) is 0 Å². The number of fused-ring (bicyclic) bond motifs is 1. The maximum atomic E-state index is 13.1.